The number of carbonyl (C=O) groups excluding carboxylic acids is 1. The van der Waals surface area contributed by atoms with Gasteiger partial charge in [0.2, 0.25) is 6.10 Å². The van der Waals surface area contributed by atoms with Gasteiger partial charge in [0.1, 0.15) is 6.61 Å². The highest BCUT2D eigenvalue weighted by Gasteiger charge is 2.27. The molecule has 5 rings (SSSR count). The van der Waals surface area contributed by atoms with Crippen LogP contribution in [0.2, 0.25) is 0 Å². The molecule has 134 valence electrons. The van der Waals surface area contributed by atoms with E-state index in [-0.39, 0.29) is 12.5 Å². The Labute approximate surface area is 159 Å². The Morgan fingerprint density at radius 3 is 2.74 bits per heavy atom. The third kappa shape index (κ3) is 2.69. The molecular weight excluding hydrogens is 360 g/mol. The minimum Gasteiger partial charge on any atom is -0.485 e. The van der Waals surface area contributed by atoms with Crippen molar-refractivity contribution in [1.82, 2.24) is 4.57 Å². The van der Waals surface area contributed by atoms with Gasteiger partial charge in [0, 0.05) is 12.4 Å². The van der Waals surface area contributed by atoms with Crippen molar-refractivity contribution in [3.63, 3.8) is 0 Å². The molecule has 6 heteroatoms. The van der Waals surface area contributed by atoms with Crippen LogP contribution >= 0.6 is 11.3 Å². The van der Waals surface area contributed by atoms with Crippen molar-refractivity contribution in [1.29, 1.82) is 0 Å². The largest absolute Gasteiger partial charge is 0.485 e. The molecule has 1 aliphatic rings. The summed E-state index contributed by atoms with van der Waals surface area (Å²) in [6.07, 6.45) is -0.734. The SMILES string of the molecule is Cn1c(=NC(=O)[C@H]2COc3ccccc3O2)sc2ccc3ccccc3c21. The molecule has 0 saturated carbocycles. The Balaban J connectivity index is 1.55. The van der Waals surface area contributed by atoms with Crippen molar-refractivity contribution < 1.29 is 14.3 Å². The summed E-state index contributed by atoms with van der Waals surface area (Å²) >= 11 is 1.50. The number of carbonyl (C=O) groups is 1. The third-order valence-corrected chi connectivity index (χ3v) is 5.77. The molecule has 3 aromatic carbocycles. The first kappa shape index (κ1) is 16.1. The Bertz CT molecular complexity index is 1260. The summed E-state index contributed by atoms with van der Waals surface area (Å²) < 4.78 is 14.5. The lowest BCUT2D eigenvalue weighted by Gasteiger charge is -2.23. The predicted molar refractivity (Wildman–Crippen MR) is 105 cm³/mol. The molecule has 1 aliphatic heterocycles. The molecule has 0 spiro atoms. The molecule has 2 heterocycles. The van der Waals surface area contributed by atoms with Gasteiger partial charge in [0.05, 0.1) is 10.2 Å². The lowest BCUT2D eigenvalue weighted by atomic mass is 10.1. The van der Waals surface area contributed by atoms with Crippen molar-refractivity contribution in [3.05, 3.63) is 65.5 Å². The maximum absolute atomic E-state index is 12.7. The second-order valence-electron chi connectivity index (χ2n) is 6.39. The molecule has 0 bridgehead atoms. The van der Waals surface area contributed by atoms with E-state index in [1.807, 2.05) is 41.9 Å². The Kier molecular flexibility index (Phi) is 3.72. The van der Waals surface area contributed by atoms with E-state index in [9.17, 15) is 4.79 Å². The fourth-order valence-corrected chi connectivity index (χ4v) is 4.37. The highest BCUT2D eigenvalue weighted by Crippen LogP contribution is 2.31. The highest BCUT2D eigenvalue weighted by atomic mass is 32.1. The third-order valence-electron chi connectivity index (χ3n) is 4.68. The van der Waals surface area contributed by atoms with Crippen molar-refractivity contribution in [2.24, 2.45) is 12.0 Å². The number of ether oxygens (including phenoxy) is 2. The van der Waals surface area contributed by atoms with Gasteiger partial charge < -0.3 is 14.0 Å². The summed E-state index contributed by atoms with van der Waals surface area (Å²) in [4.78, 5) is 17.7. The van der Waals surface area contributed by atoms with Gasteiger partial charge in [-0.25, -0.2) is 0 Å². The average Bonchev–Trinajstić information content (AvgIpc) is 3.03. The van der Waals surface area contributed by atoms with E-state index in [1.165, 1.54) is 11.3 Å². The minimum absolute atomic E-state index is 0.164. The smallest absolute Gasteiger partial charge is 0.292 e. The molecule has 1 aromatic heterocycles. The van der Waals surface area contributed by atoms with E-state index in [2.05, 4.69) is 29.3 Å². The van der Waals surface area contributed by atoms with Crippen LogP contribution in [0.15, 0.2) is 65.7 Å². The van der Waals surface area contributed by atoms with E-state index in [1.54, 1.807) is 6.07 Å². The van der Waals surface area contributed by atoms with Gasteiger partial charge in [-0.3, -0.25) is 4.79 Å². The number of aromatic nitrogens is 1. The van der Waals surface area contributed by atoms with Crippen LogP contribution in [-0.4, -0.2) is 23.2 Å². The number of nitrogens with zero attached hydrogens (tertiary/aromatic N) is 2. The first-order valence-corrected chi connectivity index (χ1v) is 9.47. The van der Waals surface area contributed by atoms with Gasteiger partial charge in [-0.15, -0.1) is 0 Å². The predicted octanol–water partition coefficient (Wildman–Crippen LogP) is 3.66. The van der Waals surface area contributed by atoms with Gasteiger partial charge in [0.25, 0.3) is 5.91 Å². The first-order chi connectivity index (χ1) is 13.2. The van der Waals surface area contributed by atoms with Gasteiger partial charge in [-0.2, -0.15) is 4.99 Å². The van der Waals surface area contributed by atoms with E-state index in [0.29, 0.717) is 16.3 Å². The average molecular weight is 376 g/mol. The number of thiazole rings is 1. The van der Waals surface area contributed by atoms with Gasteiger partial charge in [-0.1, -0.05) is 53.8 Å². The van der Waals surface area contributed by atoms with Crippen LogP contribution in [0, 0.1) is 0 Å². The highest BCUT2D eigenvalue weighted by molar-refractivity contribution is 7.16. The fraction of sp³-hybridized carbons (Fsp3) is 0.143. The fourth-order valence-electron chi connectivity index (χ4n) is 3.33. The Hall–Kier alpha value is -3.12. The quantitative estimate of drug-likeness (QED) is 0.509. The molecule has 0 fully saturated rings. The van der Waals surface area contributed by atoms with Gasteiger partial charge in [0.15, 0.2) is 16.3 Å². The Morgan fingerprint density at radius 1 is 1.07 bits per heavy atom. The molecule has 1 atom stereocenters. The van der Waals surface area contributed by atoms with Crippen molar-refractivity contribution in [2.45, 2.75) is 6.10 Å². The molecule has 0 saturated heterocycles. The maximum Gasteiger partial charge on any atom is 0.292 e. The Morgan fingerprint density at radius 2 is 1.85 bits per heavy atom. The number of hydrogen-bond donors (Lipinski definition) is 0. The lowest BCUT2D eigenvalue weighted by Crippen LogP contribution is -2.36. The second kappa shape index (κ2) is 6.25. The summed E-state index contributed by atoms with van der Waals surface area (Å²) in [6.45, 7) is 0.164. The van der Waals surface area contributed by atoms with E-state index in [0.717, 1.165) is 21.0 Å². The minimum atomic E-state index is -0.734. The van der Waals surface area contributed by atoms with E-state index >= 15 is 0 Å². The number of aryl methyl sites for hydroxylation is 1. The molecule has 0 N–H and O–H groups in total. The number of fused-ring (bicyclic) bond motifs is 4. The van der Waals surface area contributed by atoms with Crippen molar-refractivity contribution >= 4 is 38.2 Å². The summed E-state index contributed by atoms with van der Waals surface area (Å²) in [5, 5.41) is 2.31. The number of rotatable bonds is 1. The zero-order valence-electron chi connectivity index (χ0n) is 14.6. The van der Waals surface area contributed by atoms with Crippen molar-refractivity contribution in [3.8, 4) is 11.5 Å². The summed E-state index contributed by atoms with van der Waals surface area (Å²) in [7, 11) is 1.94. The first-order valence-electron chi connectivity index (χ1n) is 8.65. The molecule has 0 unspecified atom stereocenters. The summed E-state index contributed by atoms with van der Waals surface area (Å²) in [5.74, 6) is 0.889. The van der Waals surface area contributed by atoms with Crippen LogP contribution in [-0.2, 0) is 11.8 Å². The summed E-state index contributed by atoms with van der Waals surface area (Å²) in [5.41, 5.74) is 1.08. The number of hydrogen-bond acceptors (Lipinski definition) is 4. The van der Waals surface area contributed by atoms with Crippen LogP contribution in [0.4, 0.5) is 0 Å². The zero-order valence-corrected chi connectivity index (χ0v) is 15.4. The van der Waals surface area contributed by atoms with Crippen molar-refractivity contribution in [2.75, 3.05) is 6.61 Å². The maximum atomic E-state index is 12.7. The zero-order chi connectivity index (χ0) is 18.4. The molecule has 4 aromatic rings. The number of para-hydroxylation sites is 2. The second-order valence-corrected chi connectivity index (χ2v) is 7.40. The number of amides is 1. The van der Waals surface area contributed by atoms with Crippen LogP contribution < -0.4 is 14.3 Å². The molecule has 5 nitrogen and oxygen atoms in total. The van der Waals surface area contributed by atoms with Crippen LogP contribution in [0.25, 0.3) is 21.0 Å². The summed E-state index contributed by atoms with van der Waals surface area (Å²) in [6, 6.07) is 19.7. The van der Waals surface area contributed by atoms with Crippen LogP contribution in [0.3, 0.4) is 0 Å². The molecule has 1 amide bonds. The van der Waals surface area contributed by atoms with E-state index in [4.69, 9.17) is 9.47 Å². The van der Waals surface area contributed by atoms with E-state index < -0.39 is 6.10 Å². The molecule has 0 aliphatic carbocycles. The normalized spacial score (nSPS) is 16.8. The van der Waals surface area contributed by atoms with Gasteiger partial charge in [-0.05, 0) is 23.6 Å². The monoisotopic (exact) mass is 376 g/mol. The molecule has 0 radical (unpaired) electrons. The molecular formula is C21H16N2O3S. The number of benzene rings is 3. The molecule has 27 heavy (non-hydrogen) atoms. The topological polar surface area (TPSA) is 52.8 Å². The standard InChI is InChI=1S/C21H16N2O3S/c1-23-19-14-7-3-2-6-13(14)10-11-18(19)27-21(23)22-20(24)17-12-25-15-8-4-5-9-16(15)26-17/h2-11,17H,12H2,1H3/t17-/m1/s1. The van der Waals surface area contributed by atoms with Gasteiger partial charge >= 0.3 is 0 Å². The van der Waals surface area contributed by atoms with Crippen LogP contribution in [0.1, 0.15) is 0 Å². The lowest BCUT2D eigenvalue weighted by molar-refractivity contribution is -0.127. The van der Waals surface area contributed by atoms with Crippen LogP contribution in [0.5, 0.6) is 11.5 Å².